The number of nitrogens with zero attached hydrogens (tertiary/aromatic N) is 2. The third-order valence-electron chi connectivity index (χ3n) is 5.55. The van der Waals surface area contributed by atoms with Crippen LogP contribution in [-0.2, 0) is 21.2 Å². The average molecular weight is 452 g/mol. The van der Waals surface area contributed by atoms with E-state index in [9.17, 15) is 13.2 Å². The highest BCUT2D eigenvalue weighted by molar-refractivity contribution is 7.89. The third kappa shape index (κ3) is 5.82. The van der Waals surface area contributed by atoms with Gasteiger partial charge >= 0.3 is 0 Å². The number of likely N-dealkylation sites (N-methyl/N-ethyl adjacent to an activating group) is 1. The fourth-order valence-corrected chi connectivity index (χ4v) is 4.78. The summed E-state index contributed by atoms with van der Waals surface area (Å²) in [7, 11) is -0.433. The lowest BCUT2D eigenvalue weighted by molar-refractivity contribution is -0.131. The van der Waals surface area contributed by atoms with E-state index in [1.165, 1.54) is 26.0 Å². The highest BCUT2D eigenvalue weighted by Crippen LogP contribution is 2.24. The molecule has 1 amide bonds. The van der Waals surface area contributed by atoms with Crippen molar-refractivity contribution in [3.63, 3.8) is 0 Å². The molecule has 1 fully saturated rings. The number of nitrogens with one attached hydrogen (secondary N) is 1. The molecule has 6 nitrogen and oxygen atoms in total. The smallest absolute Gasteiger partial charge is 0.240 e. The van der Waals surface area contributed by atoms with Crippen LogP contribution < -0.4 is 4.72 Å². The fraction of sp³-hybridized carbons (Fsp3) is 0.409. The molecule has 1 heterocycles. The molecule has 8 heteroatoms. The maximum atomic E-state index is 13.2. The lowest BCUT2D eigenvalue weighted by Crippen LogP contribution is -2.39. The summed E-state index contributed by atoms with van der Waals surface area (Å²) in [5.74, 6) is -0.100. The van der Waals surface area contributed by atoms with Crippen molar-refractivity contribution < 1.29 is 13.2 Å². The monoisotopic (exact) mass is 451 g/mol. The predicted molar refractivity (Wildman–Crippen MR) is 121 cm³/mol. The van der Waals surface area contributed by atoms with E-state index in [4.69, 9.17) is 0 Å². The number of hydrogen-bond acceptors (Lipinski definition) is 4. The Morgan fingerprint density at radius 2 is 1.67 bits per heavy atom. The third-order valence-corrected chi connectivity index (χ3v) is 7.06. The summed E-state index contributed by atoms with van der Waals surface area (Å²) in [6.07, 6.45) is 2.42. The molecule has 1 unspecified atom stereocenters. The van der Waals surface area contributed by atoms with Crippen LogP contribution in [0.2, 0.25) is 0 Å². The van der Waals surface area contributed by atoms with E-state index in [0.29, 0.717) is 5.56 Å². The topological polar surface area (TPSA) is 69.7 Å². The van der Waals surface area contributed by atoms with Crippen LogP contribution >= 0.6 is 12.4 Å². The molecule has 1 atom stereocenters. The maximum Gasteiger partial charge on any atom is 0.240 e. The molecule has 0 saturated carbocycles. The summed E-state index contributed by atoms with van der Waals surface area (Å²) in [6, 6.07) is 16.6. The van der Waals surface area contributed by atoms with Gasteiger partial charge in [-0.2, -0.15) is 0 Å². The number of carbonyl (C=O) groups excluding carboxylic acids is 1. The maximum absolute atomic E-state index is 13.2. The van der Waals surface area contributed by atoms with Gasteiger partial charge in [-0.05, 0) is 50.2 Å². The van der Waals surface area contributed by atoms with Gasteiger partial charge < -0.3 is 9.80 Å². The normalized spacial score (nSPS) is 15.4. The number of sulfonamides is 1. The zero-order valence-electron chi connectivity index (χ0n) is 17.5. The van der Waals surface area contributed by atoms with Gasteiger partial charge in [-0.3, -0.25) is 4.79 Å². The predicted octanol–water partition coefficient (Wildman–Crippen LogP) is 2.85. The van der Waals surface area contributed by atoms with E-state index < -0.39 is 10.0 Å². The van der Waals surface area contributed by atoms with Crippen LogP contribution in [0.5, 0.6) is 0 Å². The van der Waals surface area contributed by atoms with Crippen LogP contribution in [0.4, 0.5) is 0 Å². The zero-order chi connectivity index (χ0) is 20.9. The second-order valence-electron chi connectivity index (χ2n) is 7.43. The van der Waals surface area contributed by atoms with Crippen LogP contribution in [-0.4, -0.2) is 57.9 Å². The zero-order valence-corrected chi connectivity index (χ0v) is 19.1. The number of halogens is 1. The van der Waals surface area contributed by atoms with Crippen molar-refractivity contribution in [3.05, 3.63) is 65.7 Å². The van der Waals surface area contributed by atoms with Crippen LogP contribution in [0.25, 0.3) is 0 Å². The number of rotatable bonds is 8. The molecular weight excluding hydrogens is 422 g/mol. The molecule has 0 spiro atoms. The summed E-state index contributed by atoms with van der Waals surface area (Å²) in [5, 5.41) is 0. The van der Waals surface area contributed by atoms with Crippen molar-refractivity contribution in [1.29, 1.82) is 0 Å². The van der Waals surface area contributed by atoms with Crippen molar-refractivity contribution in [1.82, 2.24) is 14.5 Å². The lowest BCUT2D eigenvalue weighted by atomic mass is 10.0. The quantitative estimate of drug-likeness (QED) is 0.670. The highest BCUT2D eigenvalue weighted by atomic mass is 35.5. The Kier molecular flexibility index (Phi) is 8.85. The molecule has 1 aliphatic rings. The van der Waals surface area contributed by atoms with Gasteiger partial charge in [0.2, 0.25) is 15.9 Å². The molecule has 0 aliphatic carbocycles. The summed E-state index contributed by atoms with van der Waals surface area (Å²) in [5.41, 5.74) is 1.60. The van der Waals surface area contributed by atoms with Crippen molar-refractivity contribution in [2.45, 2.75) is 30.2 Å². The Labute approximate surface area is 185 Å². The van der Waals surface area contributed by atoms with Gasteiger partial charge in [-0.15, -0.1) is 12.4 Å². The molecular formula is C22H30ClN3O3S. The number of amides is 1. The van der Waals surface area contributed by atoms with Gasteiger partial charge in [0.1, 0.15) is 0 Å². The first kappa shape index (κ1) is 24.3. The molecule has 2 aromatic carbocycles. The summed E-state index contributed by atoms with van der Waals surface area (Å²) < 4.78 is 27.0. The Morgan fingerprint density at radius 1 is 1.07 bits per heavy atom. The summed E-state index contributed by atoms with van der Waals surface area (Å²) in [4.78, 5) is 17.5. The number of likely N-dealkylation sites (tertiary alicyclic amines) is 1. The molecule has 3 rings (SSSR count). The Balaban J connectivity index is 0.00000320. The second-order valence-corrected chi connectivity index (χ2v) is 9.29. The molecule has 0 aromatic heterocycles. The van der Waals surface area contributed by atoms with Gasteiger partial charge in [-0.1, -0.05) is 48.5 Å². The summed E-state index contributed by atoms with van der Waals surface area (Å²) in [6.45, 7) is 2.88. The van der Waals surface area contributed by atoms with Crippen LogP contribution in [0, 0.1) is 0 Å². The van der Waals surface area contributed by atoms with Gasteiger partial charge in [0.15, 0.2) is 0 Å². The van der Waals surface area contributed by atoms with Crippen molar-refractivity contribution in [2.75, 3.05) is 33.7 Å². The standard InChI is InChI=1S/C22H29N3O3S.ClH/c1-23-29(27,28)21-13-7-6-12-19(21)16-22(26)24(2)20(17-25-14-8-9-15-25)18-10-4-3-5-11-18;/h3-7,10-13,20,23H,8-9,14-17H2,1-2H3;1H. The van der Waals surface area contributed by atoms with E-state index in [0.717, 1.165) is 25.2 Å². The first-order chi connectivity index (χ1) is 13.9. The Morgan fingerprint density at radius 3 is 2.30 bits per heavy atom. The lowest BCUT2D eigenvalue weighted by Gasteiger charge is -2.32. The van der Waals surface area contributed by atoms with Gasteiger partial charge in [0.05, 0.1) is 17.4 Å². The Bertz CT molecular complexity index is 932. The van der Waals surface area contributed by atoms with E-state index in [2.05, 4.69) is 9.62 Å². The molecule has 1 aliphatic heterocycles. The average Bonchev–Trinajstić information content (AvgIpc) is 3.25. The Hall–Kier alpha value is -1.93. The van der Waals surface area contributed by atoms with Crippen LogP contribution in [0.1, 0.15) is 30.0 Å². The van der Waals surface area contributed by atoms with Gasteiger partial charge in [0, 0.05) is 13.6 Å². The first-order valence-corrected chi connectivity index (χ1v) is 11.4. The van der Waals surface area contributed by atoms with E-state index >= 15 is 0 Å². The van der Waals surface area contributed by atoms with E-state index in [1.807, 2.05) is 37.4 Å². The molecule has 0 radical (unpaired) electrons. The number of carbonyl (C=O) groups is 1. The molecule has 2 aromatic rings. The molecule has 30 heavy (non-hydrogen) atoms. The molecule has 164 valence electrons. The second kappa shape index (κ2) is 10.9. The number of benzene rings is 2. The summed E-state index contributed by atoms with van der Waals surface area (Å²) >= 11 is 0. The van der Waals surface area contributed by atoms with Crippen molar-refractivity contribution >= 4 is 28.3 Å². The fourth-order valence-electron chi connectivity index (χ4n) is 3.82. The molecule has 1 saturated heterocycles. The minimum atomic E-state index is -3.62. The highest BCUT2D eigenvalue weighted by Gasteiger charge is 2.27. The minimum Gasteiger partial charge on any atom is -0.337 e. The number of hydrogen-bond donors (Lipinski definition) is 1. The molecule has 0 bridgehead atoms. The van der Waals surface area contributed by atoms with E-state index in [1.54, 1.807) is 23.1 Å². The largest absolute Gasteiger partial charge is 0.337 e. The first-order valence-electron chi connectivity index (χ1n) is 9.97. The molecule has 1 N–H and O–H groups in total. The van der Waals surface area contributed by atoms with Crippen LogP contribution in [0.3, 0.4) is 0 Å². The SMILES string of the molecule is CNS(=O)(=O)c1ccccc1CC(=O)N(C)C(CN1CCCC1)c1ccccc1.Cl. The van der Waals surface area contributed by atoms with Crippen molar-refractivity contribution in [3.8, 4) is 0 Å². The van der Waals surface area contributed by atoms with E-state index in [-0.39, 0.29) is 35.7 Å². The van der Waals surface area contributed by atoms with Gasteiger partial charge in [0.25, 0.3) is 0 Å². The van der Waals surface area contributed by atoms with Crippen molar-refractivity contribution in [2.24, 2.45) is 0 Å². The van der Waals surface area contributed by atoms with Gasteiger partial charge in [-0.25, -0.2) is 13.1 Å². The van der Waals surface area contributed by atoms with Crippen LogP contribution in [0.15, 0.2) is 59.5 Å². The minimum absolute atomic E-state index is 0.